The van der Waals surface area contributed by atoms with Crippen molar-refractivity contribution >= 4 is 17.4 Å². The van der Waals surface area contributed by atoms with E-state index in [1.54, 1.807) is 31.5 Å². The summed E-state index contributed by atoms with van der Waals surface area (Å²) in [5, 5.41) is 9.87. The van der Waals surface area contributed by atoms with Crippen LogP contribution in [0.15, 0.2) is 30.6 Å². The highest BCUT2D eigenvalue weighted by Crippen LogP contribution is 2.34. The lowest BCUT2D eigenvalue weighted by atomic mass is 10.1. The first-order valence-corrected chi connectivity index (χ1v) is 8.12. The number of carbonyl (C=O) groups excluding carboxylic acids is 1. The Labute approximate surface area is 146 Å². The number of benzene rings is 1. The summed E-state index contributed by atoms with van der Waals surface area (Å²) in [7, 11) is 3.07. The molecule has 1 fully saturated rings. The Morgan fingerprint density at radius 3 is 2.76 bits per heavy atom. The molecule has 0 spiro atoms. The number of methoxy groups -OCH3 is 2. The molecule has 0 bridgehead atoms. The van der Waals surface area contributed by atoms with Gasteiger partial charge in [0.05, 0.1) is 37.8 Å². The predicted octanol–water partition coefficient (Wildman–Crippen LogP) is 2.90. The van der Waals surface area contributed by atoms with E-state index in [9.17, 15) is 4.79 Å². The second-order valence-electron chi connectivity index (χ2n) is 5.67. The molecule has 8 nitrogen and oxygen atoms in total. The predicted molar refractivity (Wildman–Crippen MR) is 93.5 cm³/mol. The van der Waals surface area contributed by atoms with Crippen LogP contribution < -0.4 is 20.1 Å². The number of nitrogens with one attached hydrogen (secondary N) is 2. The minimum absolute atomic E-state index is 0.311. The van der Waals surface area contributed by atoms with Gasteiger partial charge in [0.2, 0.25) is 0 Å². The molecule has 25 heavy (non-hydrogen) atoms. The van der Waals surface area contributed by atoms with E-state index in [4.69, 9.17) is 14.2 Å². The molecule has 2 amide bonds. The molecule has 1 aliphatic rings. The maximum Gasteiger partial charge on any atom is 0.323 e. The monoisotopic (exact) mass is 346 g/mol. The molecule has 1 aromatic heterocycles. The molecule has 0 aliphatic carbocycles. The number of para-hydroxylation sites is 1. The molecule has 0 atom stereocenters. The van der Waals surface area contributed by atoms with Crippen molar-refractivity contribution in [2.45, 2.75) is 18.9 Å². The Morgan fingerprint density at radius 1 is 1.24 bits per heavy atom. The molecule has 0 saturated carbocycles. The second kappa shape index (κ2) is 7.89. The number of hydrogen-bond donors (Lipinski definition) is 2. The first kappa shape index (κ1) is 17.1. The summed E-state index contributed by atoms with van der Waals surface area (Å²) in [5.74, 6) is 1.02. The van der Waals surface area contributed by atoms with E-state index in [2.05, 4.69) is 15.7 Å². The first-order valence-electron chi connectivity index (χ1n) is 8.12. The van der Waals surface area contributed by atoms with Crippen LogP contribution in [0.1, 0.15) is 18.9 Å². The van der Waals surface area contributed by atoms with Crippen LogP contribution in [0.25, 0.3) is 0 Å². The van der Waals surface area contributed by atoms with Crippen molar-refractivity contribution in [1.82, 2.24) is 9.78 Å². The highest BCUT2D eigenvalue weighted by atomic mass is 16.5. The molecule has 3 rings (SSSR count). The maximum absolute atomic E-state index is 12.3. The Balaban J connectivity index is 1.64. The molecule has 134 valence electrons. The molecule has 8 heteroatoms. The van der Waals surface area contributed by atoms with E-state index >= 15 is 0 Å². The maximum atomic E-state index is 12.3. The van der Waals surface area contributed by atoms with Crippen LogP contribution in [0.4, 0.5) is 16.2 Å². The van der Waals surface area contributed by atoms with Crippen LogP contribution in [-0.4, -0.2) is 43.2 Å². The van der Waals surface area contributed by atoms with E-state index in [0.717, 1.165) is 26.1 Å². The molecule has 2 aromatic rings. The topological polar surface area (TPSA) is 86.6 Å². The summed E-state index contributed by atoms with van der Waals surface area (Å²) in [6.07, 6.45) is 5.32. The van der Waals surface area contributed by atoms with Crippen molar-refractivity contribution in [3.63, 3.8) is 0 Å². The molecule has 0 radical (unpaired) electrons. The first-order chi connectivity index (χ1) is 12.2. The SMILES string of the molecule is COc1cccc(NC(=O)Nc2cnn(C3CCOCC3)c2)c1OC. The standard InChI is InChI=1S/C17H22N4O4/c1-23-15-5-3-4-14(16(15)24-2)20-17(22)19-12-10-18-21(11-12)13-6-8-25-9-7-13/h3-5,10-11,13H,6-9H2,1-2H3,(H2,19,20,22). The normalized spacial score (nSPS) is 14.8. The van der Waals surface area contributed by atoms with Gasteiger partial charge in [-0.3, -0.25) is 4.68 Å². The van der Waals surface area contributed by atoms with E-state index in [-0.39, 0.29) is 6.03 Å². The van der Waals surface area contributed by atoms with Gasteiger partial charge >= 0.3 is 6.03 Å². The van der Waals surface area contributed by atoms with E-state index in [1.807, 2.05) is 10.9 Å². The molecule has 2 heterocycles. The summed E-state index contributed by atoms with van der Waals surface area (Å²) < 4.78 is 17.8. The fourth-order valence-corrected chi connectivity index (χ4v) is 2.82. The number of nitrogens with zero attached hydrogens (tertiary/aromatic N) is 2. The Bertz CT molecular complexity index is 725. The van der Waals surface area contributed by atoms with Crippen LogP contribution in [0.2, 0.25) is 0 Å². The van der Waals surface area contributed by atoms with Gasteiger partial charge < -0.3 is 24.8 Å². The van der Waals surface area contributed by atoms with E-state index in [1.165, 1.54) is 7.11 Å². The summed E-state index contributed by atoms with van der Waals surface area (Å²) in [6, 6.07) is 5.22. The van der Waals surface area contributed by atoms with Gasteiger partial charge in [-0.15, -0.1) is 0 Å². The molecule has 1 aromatic carbocycles. The van der Waals surface area contributed by atoms with Crippen molar-refractivity contribution in [3.8, 4) is 11.5 Å². The molecule has 0 unspecified atom stereocenters. The van der Waals surface area contributed by atoms with Gasteiger partial charge in [0.25, 0.3) is 0 Å². The minimum Gasteiger partial charge on any atom is -0.493 e. The fourth-order valence-electron chi connectivity index (χ4n) is 2.82. The van der Waals surface area contributed by atoms with E-state index < -0.39 is 0 Å². The van der Waals surface area contributed by atoms with Crippen molar-refractivity contribution in [3.05, 3.63) is 30.6 Å². The molecule has 1 saturated heterocycles. The third-order valence-corrected chi connectivity index (χ3v) is 4.08. The lowest BCUT2D eigenvalue weighted by molar-refractivity contribution is 0.0662. The quantitative estimate of drug-likeness (QED) is 0.869. The van der Waals surface area contributed by atoms with Gasteiger partial charge in [0.1, 0.15) is 0 Å². The van der Waals surface area contributed by atoms with Crippen LogP contribution in [0.5, 0.6) is 11.5 Å². The zero-order valence-corrected chi connectivity index (χ0v) is 14.3. The average Bonchev–Trinajstić information content (AvgIpc) is 3.10. The molecular formula is C17H22N4O4. The summed E-state index contributed by atoms with van der Waals surface area (Å²) in [6.45, 7) is 1.48. The number of rotatable bonds is 5. The van der Waals surface area contributed by atoms with Crippen molar-refractivity contribution < 1.29 is 19.0 Å². The summed E-state index contributed by atoms with van der Waals surface area (Å²) in [5.41, 5.74) is 1.15. The Morgan fingerprint density at radius 2 is 2.04 bits per heavy atom. The van der Waals surface area contributed by atoms with E-state index in [0.29, 0.717) is 28.9 Å². The van der Waals surface area contributed by atoms with Crippen molar-refractivity contribution in [2.75, 3.05) is 38.1 Å². The van der Waals surface area contributed by atoms with Gasteiger partial charge in [-0.2, -0.15) is 5.10 Å². The van der Waals surface area contributed by atoms with Gasteiger partial charge in [-0.05, 0) is 25.0 Å². The van der Waals surface area contributed by atoms with Crippen LogP contribution in [-0.2, 0) is 4.74 Å². The third kappa shape index (κ3) is 4.03. The van der Waals surface area contributed by atoms with Gasteiger partial charge in [-0.25, -0.2) is 4.79 Å². The number of aromatic nitrogens is 2. The van der Waals surface area contributed by atoms with Gasteiger partial charge in [-0.1, -0.05) is 6.07 Å². The van der Waals surface area contributed by atoms with Gasteiger partial charge in [0, 0.05) is 19.4 Å². The number of urea groups is 1. The number of amides is 2. The minimum atomic E-state index is -0.377. The number of anilines is 2. The van der Waals surface area contributed by atoms with Crippen LogP contribution >= 0.6 is 0 Å². The van der Waals surface area contributed by atoms with Crippen LogP contribution in [0, 0.1) is 0 Å². The Hall–Kier alpha value is -2.74. The summed E-state index contributed by atoms with van der Waals surface area (Å²) in [4.78, 5) is 12.3. The smallest absolute Gasteiger partial charge is 0.323 e. The number of ether oxygens (including phenoxy) is 3. The number of hydrogen-bond acceptors (Lipinski definition) is 5. The lowest BCUT2D eigenvalue weighted by Gasteiger charge is -2.22. The highest BCUT2D eigenvalue weighted by molar-refractivity contribution is 6.00. The molecular weight excluding hydrogens is 324 g/mol. The average molecular weight is 346 g/mol. The highest BCUT2D eigenvalue weighted by Gasteiger charge is 2.17. The van der Waals surface area contributed by atoms with Crippen LogP contribution in [0.3, 0.4) is 0 Å². The van der Waals surface area contributed by atoms with Crippen molar-refractivity contribution in [1.29, 1.82) is 0 Å². The molecule has 1 aliphatic heterocycles. The Kier molecular flexibility index (Phi) is 5.39. The third-order valence-electron chi connectivity index (χ3n) is 4.08. The second-order valence-corrected chi connectivity index (χ2v) is 5.67. The largest absolute Gasteiger partial charge is 0.493 e. The zero-order chi connectivity index (χ0) is 17.6. The summed E-state index contributed by atoms with van der Waals surface area (Å²) >= 11 is 0. The van der Waals surface area contributed by atoms with Gasteiger partial charge in [0.15, 0.2) is 11.5 Å². The number of carbonyl (C=O) groups is 1. The lowest BCUT2D eigenvalue weighted by Crippen LogP contribution is -2.20. The fraction of sp³-hybridized carbons (Fsp3) is 0.412. The zero-order valence-electron chi connectivity index (χ0n) is 14.3. The van der Waals surface area contributed by atoms with Crippen molar-refractivity contribution in [2.24, 2.45) is 0 Å². The molecule has 2 N–H and O–H groups in total.